The maximum atomic E-state index is 11.6. The van der Waals surface area contributed by atoms with Crippen LogP contribution in [-0.4, -0.2) is 33.2 Å². The number of nitrogens with zero attached hydrogens (tertiary/aromatic N) is 1. The van der Waals surface area contributed by atoms with Gasteiger partial charge in [0.2, 0.25) is 5.91 Å². The normalized spacial score (nSPS) is 14.1. The van der Waals surface area contributed by atoms with E-state index in [0.717, 1.165) is 36.4 Å². The van der Waals surface area contributed by atoms with E-state index in [9.17, 15) is 4.79 Å². The zero-order valence-corrected chi connectivity index (χ0v) is 11.0. The number of carbonyl (C=O) groups excluding carboxylic acids is 1. The minimum absolute atomic E-state index is 0.164. The quantitative estimate of drug-likeness (QED) is 0.772. The highest BCUT2D eigenvalue weighted by atomic mass is 16.5. The predicted molar refractivity (Wildman–Crippen MR) is 71.8 cm³/mol. The summed E-state index contributed by atoms with van der Waals surface area (Å²) in [5, 5.41) is 3.09. The van der Waals surface area contributed by atoms with Crippen LogP contribution in [0.4, 0.5) is 5.69 Å². The number of carbonyl (C=O) groups is 1. The van der Waals surface area contributed by atoms with Crippen LogP contribution in [0.2, 0.25) is 0 Å². The third-order valence-corrected chi connectivity index (χ3v) is 3.21. The summed E-state index contributed by atoms with van der Waals surface area (Å²) in [6.45, 7) is 2.36. The zero-order valence-electron chi connectivity index (χ0n) is 11.0. The van der Waals surface area contributed by atoms with Crippen molar-refractivity contribution in [2.24, 2.45) is 0 Å². The molecule has 0 spiro atoms. The molecule has 0 saturated heterocycles. The van der Waals surface area contributed by atoms with Crippen molar-refractivity contribution in [2.75, 3.05) is 32.1 Å². The number of anilines is 1. The molecule has 4 nitrogen and oxygen atoms in total. The van der Waals surface area contributed by atoms with Crippen molar-refractivity contribution >= 4 is 11.6 Å². The molecule has 0 aliphatic carbocycles. The molecular weight excluding hydrogens is 228 g/mol. The van der Waals surface area contributed by atoms with E-state index in [-0.39, 0.29) is 5.91 Å². The van der Waals surface area contributed by atoms with Gasteiger partial charge >= 0.3 is 0 Å². The molecule has 18 heavy (non-hydrogen) atoms. The second-order valence-corrected chi connectivity index (χ2v) is 4.60. The highest BCUT2D eigenvalue weighted by molar-refractivity contribution is 6.00. The number of rotatable bonds is 6. The summed E-state index contributed by atoms with van der Waals surface area (Å²) in [6.07, 6.45) is 1.53. The van der Waals surface area contributed by atoms with E-state index in [1.165, 1.54) is 0 Å². The first kappa shape index (κ1) is 13.1. The maximum Gasteiger partial charge on any atom is 0.231 e. The van der Waals surface area contributed by atoms with Gasteiger partial charge in [-0.05, 0) is 37.2 Å². The van der Waals surface area contributed by atoms with Crippen molar-refractivity contribution < 1.29 is 9.53 Å². The second kappa shape index (κ2) is 5.98. The summed E-state index contributed by atoms with van der Waals surface area (Å²) in [5.74, 6) is 0.164. The Hall–Kier alpha value is -1.39. The van der Waals surface area contributed by atoms with E-state index in [4.69, 9.17) is 4.74 Å². The Balaban J connectivity index is 1.89. The lowest BCUT2D eigenvalue weighted by molar-refractivity contribution is -0.117. The van der Waals surface area contributed by atoms with Gasteiger partial charge in [0.1, 0.15) is 0 Å². The minimum Gasteiger partial charge on any atom is -0.377 e. The number of nitrogens with one attached hydrogen (secondary N) is 1. The summed E-state index contributed by atoms with van der Waals surface area (Å²) in [7, 11) is 3.76. The molecule has 98 valence electrons. The Morgan fingerprint density at radius 1 is 1.44 bits per heavy atom. The van der Waals surface area contributed by atoms with Crippen LogP contribution in [0.1, 0.15) is 17.5 Å². The van der Waals surface area contributed by atoms with Crippen molar-refractivity contribution in [1.29, 1.82) is 0 Å². The Morgan fingerprint density at radius 2 is 2.28 bits per heavy atom. The molecule has 1 aliphatic rings. The van der Waals surface area contributed by atoms with Crippen LogP contribution in [0.15, 0.2) is 18.2 Å². The monoisotopic (exact) mass is 248 g/mol. The molecule has 0 radical (unpaired) electrons. The third-order valence-electron chi connectivity index (χ3n) is 3.21. The first-order chi connectivity index (χ1) is 8.72. The van der Waals surface area contributed by atoms with Gasteiger partial charge in [0.15, 0.2) is 0 Å². The number of amides is 1. The largest absolute Gasteiger partial charge is 0.377 e. The minimum atomic E-state index is 0.164. The number of likely N-dealkylation sites (N-methyl/N-ethyl adjacent to an activating group) is 1. The van der Waals surface area contributed by atoms with Gasteiger partial charge in [-0.1, -0.05) is 12.1 Å². The first-order valence-electron chi connectivity index (χ1n) is 6.33. The molecule has 0 unspecified atom stereocenters. The average Bonchev–Trinajstić information content (AvgIpc) is 2.65. The molecule has 1 N–H and O–H groups in total. The SMILES string of the molecule is CNCCCOCc1ccc2c(c1)CC(=O)N2C. The molecule has 0 fully saturated rings. The van der Waals surface area contributed by atoms with Gasteiger partial charge in [-0.15, -0.1) is 0 Å². The molecule has 1 aromatic rings. The number of fused-ring (bicyclic) bond motifs is 1. The summed E-state index contributed by atoms with van der Waals surface area (Å²) in [5.41, 5.74) is 3.28. The highest BCUT2D eigenvalue weighted by Gasteiger charge is 2.23. The highest BCUT2D eigenvalue weighted by Crippen LogP contribution is 2.28. The van der Waals surface area contributed by atoms with Crippen molar-refractivity contribution in [2.45, 2.75) is 19.4 Å². The molecule has 1 amide bonds. The molecule has 1 aromatic carbocycles. The van der Waals surface area contributed by atoms with Gasteiger partial charge in [0, 0.05) is 19.3 Å². The molecule has 0 aromatic heterocycles. The Labute approximate surface area is 108 Å². The standard InChI is InChI=1S/C14H20N2O2/c1-15-6-3-7-18-10-11-4-5-13-12(8-11)9-14(17)16(13)2/h4-5,8,15H,3,6-7,9-10H2,1-2H3. The van der Waals surface area contributed by atoms with Crippen molar-refractivity contribution in [1.82, 2.24) is 5.32 Å². The lowest BCUT2D eigenvalue weighted by Gasteiger charge is -2.10. The van der Waals surface area contributed by atoms with Crippen molar-refractivity contribution in [3.05, 3.63) is 29.3 Å². The fourth-order valence-electron chi connectivity index (χ4n) is 2.15. The van der Waals surface area contributed by atoms with Gasteiger partial charge in [-0.25, -0.2) is 0 Å². The third kappa shape index (κ3) is 2.89. The summed E-state index contributed by atoms with van der Waals surface area (Å²) in [6, 6.07) is 6.12. The van der Waals surface area contributed by atoms with E-state index in [1.807, 2.05) is 26.2 Å². The average molecular weight is 248 g/mol. The van der Waals surface area contributed by atoms with Gasteiger partial charge in [-0.3, -0.25) is 4.79 Å². The lowest BCUT2D eigenvalue weighted by Crippen LogP contribution is -2.20. The predicted octanol–water partition coefficient (Wildman–Crippen LogP) is 1.33. The zero-order chi connectivity index (χ0) is 13.0. The first-order valence-corrected chi connectivity index (χ1v) is 6.33. The van der Waals surface area contributed by atoms with Crippen LogP contribution in [0.25, 0.3) is 0 Å². The fourth-order valence-corrected chi connectivity index (χ4v) is 2.15. The topological polar surface area (TPSA) is 41.6 Å². The van der Waals surface area contributed by atoms with Crippen LogP contribution < -0.4 is 10.2 Å². The van der Waals surface area contributed by atoms with Gasteiger partial charge in [0.05, 0.1) is 13.0 Å². The van der Waals surface area contributed by atoms with Crippen LogP contribution in [0, 0.1) is 0 Å². The van der Waals surface area contributed by atoms with Crippen LogP contribution in [0.3, 0.4) is 0 Å². The van der Waals surface area contributed by atoms with Crippen LogP contribution in [-0.2, 0) is 22.6 Å². The van der Waals surface area contributed by atoms with Crippen molar-refractivity contribution in [3.8, 4) is 0 Å². The number of hydrogen-bond acceptors (Lipinski definition) is 3. The Morgan fingerprint density at radius 3 is 3.06 bits per heavy atom. The molecule has 2 rings (SSSR count). The smallest absolute Gasteiger partial charge is 0.231 e. The summed E-state index contributed by atoms with van der Waals surface area (Å²) < 4.78 is 5.60. The molecule has 0 bridgehead atoms. The van der Waals surface area contributed by atoms with E-state index in [1.54, 1.807) is 4.90 Å². The van der Waals surface area contributed by atoms with E-state index >= 15 is 0 Å². The molecule has 0 atom stereocenters. The van der Waals surface area contributed by atoms with Crippen molar-refractivity contribution in [3.63, 3.8) is 0 Å². The number of ether oxygens (including phenoxy) is 1. The fraction of sp³-hybridized carbons (Fsp3) is 0.500. The number of benzene rings is 1. The second-order valence-electron chi connectivity index (χ2n) is 4.60. The molecule has 1 aliphatic heterocycles. The Bertz CT molecular complexity index is 432. The molecular formula is C14H20N2O2. The van der Waals surface area contributed by atoms with Gasteiger partial charge in [0.25, 0.3) is 0 Å². The maximum absolute atomic E-state index is 11.6. The molecule has 0 saturated carbocycles. The molecule has 1 heterocycles. The summed E-state index contributed by atoms with van der Waals surface area (Å²) in [4.78, 5) is 13.3. The molecule has 4 heteroatoms. The van der Waals surface area contributed by atoms with E-state index in [0.29, 0.717) is 13.0 Å². The van der Waals surface area contributed by atoms with Crippen LogP contribution in [0.5, 0.6) is 0 Å². The Kier molecular flexibility index (Phi) is 4.33. The summed E-state index contributed by atoms with van der Waals surface area (Å²) >= 11 is 0. The van der Waals surface area contributed by atoms with Gasteiger partial charge < -0.3 is 15.0 Å². The van der Waals surface area contributed by atoms with Gasteiger partial charge in [-0.2, -0.15) is 0 Å². The van der Waals surface area contributed by atoms with Crippen LogP contribution >= 0.6 is 0 Å². The van der Waals surface area contributed by atoms with E-state index < -0.39 is 0 Å². The lowest BCUT2D eigenvalue weighted by atomic mass is 10.1. The van der Waals surface area contributed by atoms with E-state index in [2.05, 4.69) is 11.4 Å². The number of hydrogen-bond donors (Lipinski definition) is 1.